The number of unbranched alkanes of at least 4 members (excludes halogenated alkanes) is 8. The minimum Gasteiger partial charge on any atom is -0.120 e. The molecule has 0 unspecified atom stereocenters. The Morgan fingerprint density at radius 2 is 1.27 bits per heavy atom. The van der Waals surface area contributed by atoms with E-state index in [0.717, 1.165) is 25.7 Å². The van der Waals surface area contributed by atoms with Gasteiger partial charge in [-0.05, 0) is 19.3 Å². The summed E-state index contributed by atoms with van der Waals surface area (Å²) in [6, 6.07) is 0. The van der Waals surface area contributed by atoms with Crippen molar-refractivity contribution in [3.05, 3.63) is 0 Å². The molecule has 0 N–H and O–H groups in total. The lowest BCUT2D eigenvalue weighted by molar-refractivity contribution is 0.678. The summed E-state index contributed by atoms with van der Waals surface area (Å²) in [4.78, 5) is 0. The highest BCUT2D eigenvalue weighted by molar-refractivity contribution is 4.98. The molecule has 0 saturated carbocycles. The second kappa shape index (κ2) is 13.1. The second-order valence-corrected chi connectivity index (χ2v) is 3.93. The van der Waals surface area contributed by atoms with Gasteiger partial charge in [-0.1, -0.05) is 32.6 Å². The first-order valence-corrected chi connectivity index (χ1v) is 6.31. The van der Waals surface area contributed by atoms with Gasteiger partial charge in [0, 0.05) is 19.3 Å². The van der Waals surface area contributed by atoms with E-state index in [2.05, 4.69) is 24.7 Å². The van der Waals surface area contributed by atoms with Crippen LogP contribution in [0.1, 0.15) is 71.1 Å². The van der Waals surface area contributed by atoms with Crippen molar-refractivity contribution < 1.29 is 0 Å². The van der Waals surface area contributed by atoms with Crippen molar-refractivity contribution in [1.82, 2.24) is 0 Å². The summed E-state index contributed by atoms with van der Waals surface area (Å²) in [5, 5.41) is 0. The molecule has 0 aromatic rings. The van der Waals surface area contributed by atoms with Crippen molar-refractivity contribution in [1.29, 1.82) is 0 Å². The van der Waals surface area contributed by atoms with Gasteiger partial charge >= 0.3 is 0 Å². The molecule has 15 heavy (non-hydrogen) atoms. The summed E-state index contributed by atoms with van der Waals surface area (Å²) >= 11 is 0. The Morgan fingerprint density at radius 3 is 1.80 bits per heavy atom. The van der Waals surface area contributed by atoms with Gasteiger partial charge in [0.15, 0.2) is 0 Å². The number of hydrogen-bond acceptors (Lipinski definition) is 0. The summed E-state index contributed by atoms with van der Waals surface area (Å²) in [5.41, 5.74) is 0. The fourth-order valence-corrected chi connectivity index (χ4v) is 1.43. The molecule has 0 spiro atoms. The first-order chi connectivity index (χ1) is 7.41. The van der Waals surface area contributed by atoms with Gasteiger partial charge in [0.25, 0.3) is 0 Å². The summed E-state index contributed by atoms with van der Waals surface area (Å²) < 4.78 is 0. The van der Waals surface area contributed by atoms with E-state index in [0.29, 0.717) is 0 Å². The topological polar surface area (TPSA) is 0 Å². The van der Waals surface area contributed by atoms with Crippen LogP contribution >= 0.6 is 0 Å². The summed E-state index contributed by atoms with van der Waals surface area (Å²) in [6.07, 6.45) is 17.1. The van der Waals surface area contributed by atoms with Crippen LogP contribution in [0, 0.1) is 24.2 Å². The third kappa shape index (κ3) is 13.1. The van der Waals surface area contributed by atoms with Crippen LogP contribution in [0.2, 0.25) is 0 Å². The fraction of sp³-hybridized carbons (Fsp3) is 0.733. The van der Waals surface area contributed by atoms with Gasteiger partial charge in [-0.15, -0.1) is 24.2 Å². The van der Waals surface area contributed by atoms with Crippen LogP contribution in [0.25, 0.3) is 0 Å². The number of hydrogen-bond donors (Lipinski definition) is 0. The van der Waals surface area contributed by atoms with Gasteiger partial charge in [0.1, 0.15) is 0 Å². The molecule has 0 heteroatoms. The molecule has 0 bridgehead atoms. The molecule has 84 valence electrons. The van der Waals surface area contributed by atoms with E-state index in [4.69, 9.17) is 6.42 Å². The Morgan fingerprint density at radius 1 is 0.733 bits per heavy atom. The van der Waals surface area contributed by atoms with Gasteiger partial charge < -0.3 is 0 Å². The monoisotopic (exact) mass is 204 g/mol. The van der Waals surface area contributed by atoms with Gasteiger partial charge in [-0.25, -0.2) is 0 Å². The van der Waals surface area contributed by atoms with Crippen molar-refractivity contribution in [2.24, 2.45) is 0 Å². The van der Waals surface area contributed by atoms with Crippen LogP contribution in [0.4, 0.5) is 0 Å². The SMILES string of the molecule is C#CCCCCCC#CCCCCCC. The van der Waals surface area contributed by atoms with Crippen LogP contribution in [-0.2, 0) is 0 Å². The van der Waals surface area contributed by atoms with E-state index < -0.39 is 0 Å². The first-order valence-electron chi connectivity index (χ1n) is 6.31. The molecule has 0 aromatic carbocycles. The first kappa shape index (κ1) is 14.1. The molecule has 0 saturated heterocycles. The van der Waals surface area contributed by atoms with Gasteiger partial charge in [-0.2, -0.15) is 0 Å². The normalized spacial score (nSPS) is 9.07. The van der Waals surface area contributed by atoms with Crippen molar-refractivity contribution in [2.45, 2.75) is 71.1 Å². The van der Waals surface area contributed by atoms with Crippen LogP contribution in [-0.4, -0.2) is 0 Å². The second-order valence-electron chi connectivity index (χ2n) is 3.93. The molecule has 0 amide bonds. The highest BCUT2D eigenvalue weighted by Gasteiger charge is 1.86. The maximum Gasteiger partial charge on any atom is 0.00886 e. The number of terminal acetylenes is 1. The van der Waals surface area contributed by atoms with E-state index >= 15 is 0 Å². The lowest BCUT2D eigenvalue weighted by Gasteiger charge is -1.93. The van der Waals surface area contributed by atoms with Crippen molar-refractivity contribution in [3.8, 4) is 24.2 Å². The molecule has 0 aromatic heterocycles. The smallest absolute Gasteiger partial charge is 0.00886 e. The zero-order chi connectivity index (χ0) is 11.2. The Bertz CT molecular complexity index is 208. The summed E-state index contributed by atoms with van der Waals surface area (Å²) in [5.74, 6) is 9.14. The number of rotatable bonds is 8. The molecular formula is C15H24. The minimum absolute atomic E-state index is 0.921. The molecule has 0 aliphatic carbocycles. The summed E-state index contributed by atoms with van der Waals surface area (Å²) in [7, 11) is 0. The quantitative estimate of drug-likeness (QED) is 0.402. The molecule has 0 fully saturated rings. The minimum atomic E-state index is 0.921. The zero-order valence-electron chi connectivity index (χ0n) is 10.1. The maximum atomic E-state index is 5.17. The van der Waals surface area contributed by atoms with E-state index in [-0.39, 0.29) is 0 Å². The molecule has 0 aliphatic rings. The molecular weight excluding hydrogens is 180 g/mol. The average molecular weight is 204 g/mol. The molecule has 0 aliphatic heterocycles. The lowest BCUT2D eigenvalue weighted by atomic mass is 10.1. The Hall–Kier alpha value is -0.880. The van der Waals surface area contributed by atoms with Crippen molar-refractivity contribution in [3.63, 3.8) is 0 Å². The van der Waals surface area contributed by atoms with Crippen LogP contribution in [0.15, 0.2) is 0 Å². The molecule has 0 radical (unpaired) electrons. The summed E-state index contributed by atoms with van der Waals surface area (Å²) in [6.45, 7) is 2.24. The Kier molecular flexibility index (Phi) is 12.4. The Labute approximate surface area is 95.8 Å². The fourth-order valence-electron chi connectivity index (χ4n) is 1.43. The van der Waals surface area contributed by atoms with E-state index in [1.807, 2.05) is 0 Å². The maximum absolute atomic E-state index is 5.17. The highest BCUT2D eigenvalue weighted by Crippen LogP contribution is 2.03. The van der Waals surface area contributed by atoms with E-state index in [1.54, 1.807) is 0 Å². The highest BCUT2D eigenvalue weighted by atomic mass is 13.9. The molecule has 0 atom stereocenters. The third-order valence-corrected chi connectivity index (χ3v) is 2.40. The lowest BCUT2D eigenvalue weighted by Crippen LogP contribution is -1.76. The molecule has 0 rings (SSSR count). The van der Waals surface area contributed by atoms with Gasteiger partial charge in [0.05, 0.1) is 0 Å². The predicted molar refractivity (Wildman–Crippen MR) is 68.5 cm³/mol. The van der Waals surface area contributed by atoms with Crippen molar-refractivity contribution in [2.75, 3.05) is 0 Å². The average Bonchev–Trinajstić information content (AvgIpc) is 2.26. The van der Waals surface area contributed by atoms with Crippen LogP contribution in [0.5, 0.6) is 0 Å². The largest absolute Gasteiger partial charge is 0.120 e. The van der Waals surface area contributed by atoms with Crippen LogP contribution < -0.4 is 0 Å². The van der Waals surface area contributed by atoms with Crippen LogP contribution in [0.3, 0.4) is 0 Å². The van der Waals surface area contributed by atoms with E-state index in [1.165, 1.54) is 38.5 Å². The predicted octanol–water partition coefficient (Wildman–Crippen LogP) is 4.54. The van der Waals surface area contributed by atoms with E-state index in [9.17, 15) is 0 Å². The van der Waals surface area contributed by atoms with Gasteiger partial charge in [0.2, 0.25) is 0 Å². The van der Waals surface area contributed by atoms with Gasteiger partial charge in [-0.3, -0.25) is 0 Å². The third-order valence-electron chi connectivity index (χ3n) is 2.40. The standard InChI is InChI=1S/C15H24/c1-3-5-7-9-11-13-15-14-12-10-8-6-4-2/h1H,4-13H2,2H3. The molecule has 0 heterocycles. The Balaban J connectivity index is 3.07. The van der Waals surface area contributed by atoms with Crippen molar-refractivity contribution >= 4 is 0 Å². The molecule has 0 nitrogen and oxygen atoms in total. The zero-order valence-corrected chi connectivity index (χ0v) is 10.1.